The van der Waals surface area contributed by atoms with Gasteiger partial charge in [-0.1, -0.05) is 11.6 Å². The van der Waals surface area contributed by atoms with E-state index in [-0.39, 0.29) is 5.69 Å². The SMILES string of the molecule is C=C(C)CCOCc1ccc(Br)c([N+](=O)[O-])c1. The highest BCUT2D eigenvalue weighted by molar-refractivity contribution is 9.10. The maximum Gasteiger partial charge on any atom is 0.283 e. The monoisotopic (exact) mass is 299 g/mol. The van der Waals surface area contributed by atoms with Crippen LogP contribution in [0, 0.1) is 10.1 Å². The Labute approximate surface area is 109 Å². The molecule has 0 amide bonds. The van der Waals surface area contributed by atoms with Crippen molar-refractivity contribution in [2.45, 2.75) is 20.0 Å². The van der Waals surface area contributed by atoms with Crippen LogP contribution >= 0.6 is 15.9 Å². The molecule has 0 saturated heterocycles. The number of ether oxygens (including phenoxy) is 1. The topological polar surface area (TPSA) is 52.4 Å². The van der Waals surface area contributed by atoms with Gasteiger partial charge < -0.3 is 4.74 Å². The lowest BCUT2D eigenvalue weighted by Crippen LogP contribution is -1.97. The largest absolute Gasteiger partial charge is 0.376 e. The van der Waals surface area contributed by atoms with E-state index in [1.807, 2.05) is 6.92 Å². The highest BCUT2D eigenvalue weighted by atomic mass is 79.9. The van der Waals surface area contributed by atoms with E-state index < -0.39 is 4.92 Å². The molecule has 0 aromatic heterocycles. The molecule has 0 radical (unpaired) electrons. The molecular formula is C12H14BrNO3. The number of benzene rings is 1. The second-order valence-electron chi connectivity index (χ2n) is 3.80. The molecule has 0 heterocycles. The van der Waals surface area contributed by atoms with Crippen LogP contribution in [0.15, 0.2) is 34.8 Å². The summed E-state index contributed by atoms with van der Waals surface area (Å²) in [7, 11) is 0. The highest BCUT2D eigenvalue weighted by Crippen LogP contribution is 2.25. The molecule has 0 aliphatic rings. The number of halogens is 1. The van der Waals surface area contributed by atoms with Crippen molar-refractivity contribution in [1.82, 2.24) is 0 Å². The molecule has 0 spiro atoms. The van der Waals surface area contributed by atoms with Crippen LogP contribution in [-0.4, -0.2) is 11.5 Å². The van der Waals surface area contributed by atoms with E-state index in [0.717, 1.165) is 17.6 Å². The Morgan fingerprint density at radius 3 is 2.88 bits per heavy atom. The molecule has 1 rings (SSSR count). The maximum absolute atomic E-state index is 10.7. The molecular weight excluding hydrogens is 286 g/mol. The Bertz CT molecular complexity index is 432. The molecule has 1 aromatic rings. The second-order valence-corrected chi connectivity index (χ2v) is 4.66. The van der Waals surface area contributed by atoms with E-state index >= 15 is 0 Å². The van der Waals surface area contributed by atoms with E-state index in [1.165, 1.54) is 6.07 Å². The molecule has 0 N–H and O–H groups in total. The first-order valence-electron chi connectivity index (χ1n) is 5.15. The van der Waals surface area contributed by atoms with Crippen molar-refractivity contribution in [3.63, 3.8) is 0 Å². The Kier molecular flexibility index (Phi) is 5.31. The summed E-state index contributed by atoms with van der Waals surface area (Å²) in [6.07, 6.45) is 0.804. The van der Waals surface area contributed by atoms with Crippen LogP contribution in [0.2, 0.25) is 0 Å². The van der Waals surface area contributed by atoms with Crippen molar-refractivity contribution in [3.05, 3.63) is 50.5 Å². The highest BCUT2D eigenvalue weighted by Gasteiger charge is 2.11. The maximum atomic E-state index is 10.7. The lowest BCUT2D eigenvalue weighted by molar-refractivity contribution is -0.385. The first-order valence-corrected chi connectivity index (χ1v) is 5.95. The zero-order valence-corrected chi connectivity index (χ0v) is 11.2. The van der Waals surface area contributed by atoms with E-state index in [0.29, 0.717) is 17.7 Å². The smallest absolute Gasteiger partial charge is 0.283 e. The fourth-order valence-electron chi connectivity index (χ4n) is 1.22. The predicted octanol–water partition coefficient (Wildman–Crippen LogP) is 3.84. The first kappa shape index (κ1) is 13.9. The average molecular weight is 300 g/mol. The van der Waals surface area contributed by atoms with Crippen molar-refractivity contribution in [3.8, 4) is 0 Å². The summed E-state index contributed by atoms with van der Waals surface area (Å²) in [6, 6.07) is 4.98. The van der Waals surface area contributed by atoms with Gasteiger partial charge in [-0.05, 0) is 40.9 Å². The van der Waals surface area contributed by atoms with Crippen LogP contribution < -0.4 is 0 Å². The second kappa shape index (κ2) is 6.51. The fraction of sp³-hybridized carbons (Fsp3) is 0.333. The number of nitro groups is 1. The Morgan fingerprint density at radius 2 is 2.29 bits per heavy atom. The third-order valence-electron chi connectivity index (χ3n) is 2.15. The third-order valence-corrected chi connectivity index (χ3v) is 2.82. The van der Waals surface area contributed by atoms with Gasteiger partial charge in [0.15, 0.2) is 0 Å². The standard InChI is InChI=1S/C12H14BrNO3/c1-9(2)5-6-17-8-10-3-4-11(13)12(7-10)14(15)16/h3-4,7H,1,5-6,8H2,2H3. The molecule has 0 aliphatic heterocycles. The summed E-state index contributed by atoms with van der Waals surface area (Å²) in [4.78, 5) is 10.3. The number of nitrogens with zero attached hydrogens (tertiary/aromatic N) is 1. The molecule has 0 fully saturated rings. The van der Waals surface area contributed by atoms with Gasteiger partial charge in [-0.25, -0.2) is 0 Å². The van der Waals surface area contributed by atoms with Gasteiger partial charge in [-0.3, -0.25) is 10.1 Å². The Morgan fingerprint density at radius 1 is 1.59 bits per heavy atom. The predicted molar refractivity (Wildman–Crippen MR) is 69.9 cm³/mol. The van der Waals surface area contributed by atoms with Gasteiger partial charge in [0.1, 0.15) is 0 Å². The lowest BCUT2D eigenvalue weighted by atomic mass is 10.2. The van der Waals surface area contributed by atoms with E-state index in [1.54, 1.807) is 12.1 Å². The summed E-state index contributed by atoms with van der Waals surface area (Å²) in [5.74, 6) is 0. The van der Waals surface area contributed by atoms with Crippen molar-refractivity contribution in [2.75, 3.05) is 6.61 Å². The average Bonchev–Trinajstić information content (AvgIpc) is 2.25. The van der Waals surface area contributed by atoms with E-state index in [4.69, 9.17) is 4.74 Å². The molecule has 0 aliphatic carbocycles. The third kappa shape index (κ3) is 4.66. The lowest BCUT2D eigenvalue weighted by Gasteiger charge is -2.04. The minimum Gasteiger partial charge on any atom is -0.376 e. The minimum absolute atomic E-state index is 0.0611. The zero-order chi connectivity index (χ0) is 12.8. The number of hydrogen-bond acceptors (Lipinski definition) is 3. The fourth-order valence-corrected chi connectivity index (χ4v) is 1.62. The molecule has 5 heteroatoms. The summed E-state index contributed by atoms with van der Waals surface area (Å²) < 4.78 is 5.89. The van der Waals surface area contributed by atoms with Crippen LogP contribution in [0.3, 0.4) is 0 Å². The zero-order valence-electron chi connectivity index (χ0n) is 9.61. The van der Waals surface area contributed by atoms with E-state index in [2.05, 4.69) is 22.5 Å². The number of rotatable bonds is 6. The van der Waals surface area contributed by atoms with Crippen molar-refractivity contribution in [1.29, 1.82) is 0 Å². The molecule has 17 heavy (non-hydrogen) atoms. The number of nitro benzene ring substituents is 1. The van der Waals surface area contributed by atoms with E-state index in [9.17, 15) is 10.1 Å². The van der Waals surface area contributed by atoms with Gasteiger partial charge in [0, 0.05) is 6.07 Å². The Balaban J connectivity index is 2.57. The quantitative estimate of drug-likeness (QED) is 0.347. The van der Waals surface area contributed by atoms with Gasteiger partial charge in [0.05, 0.1) is 22.6 Å². The molecule has 1 aromatic carbocycles. The minimum atomic E-state index is -0.415. The molecule has 0 saturated carbocycles. The van der Waals surface area contributed by atoms with Crippen LogP contribution in [0.1, 0.15) is 18.9 Å². The molecule has 0 atom stereocenters. The first-order chi connectivity index (χ1) is 8.00. The van der Waals surface area contributed by atoms with Crippen LogP contribution in [0.4, 0.5) is 5.69 Å². The molecule has 4 nitrogen and oxygen atoms in total. The summed E-state index contributed by atoms with van der Waals surface area (Å²) >= 11 is 3.14. The van der Waals surface area contributed by atoms with Gasteiger partial charge in [0.25, 0.3) is 5.69 Å². The van der Waals surface area contributed by atoms with Crippen LogP contribution in [-0.2, 0) is 11.3 Å². The van der Waals surface area contributed by atoms with Crippen LogP contribution in [0.5, 0.6) is 0 Å². The Hall–Kier alpha value is -1.20. The van der Waals surface area contributed by atoms with Crippen molar-refractivity contribution < 1.29 is 9.66 Å². The van der Waals surface area contributed by atoms with Crippen molar-refractivity contribution in [2.24, 2.45) is 0 Å². The molecule has 0 unspecified atom stereocenters. The van der Waals surface area contributed by atoms with Gasteiger partial charge in [0.2, 0.25) is 0 Å². The molecule has 92 valence electrons. The van der Waals surface area contributed by atoms with Gasteiger partial charge in [-0.15, -0.1) is 6.58 Å². The summed E-state index contributed by atoms with van der Waals surface area (Å²) in [5.41, 5.74) is 1.92. The van der Waals surface area contributed by atoms with Gasteiger partial charge in [-0.2, -0.15) is 0 Å². The normalized spacial score (nSPS) is 10.2. The van der Waals surface area contributed by atoms with Crippen molar-refractivity contribution >= 4 is 21.6 Å². The van der Waals surface area contributed by atoms with Crippen LogP contribution in [0.25, 0.3) is 0 Å². The summed E-state index contributed by atoms with van der Waals surface area (Å²) in [5, 5.41) is 10.7. The molecule has 0 bridgehead atoms. The van der Waals surface area contributed by atoms with Gasteiger partial charge >= 0.3 is 0 Å². The summed E-state index contributed by atoms with van der Waals surface area (Å²) in [6.45, 7) is 6.67. The number of hydrogen-bond donors (Lipinski definition) is 0.